The normalized spacial score (nSPS) is 10.3. The molecule has 2 rings (SSSR count). The summed E-state index contributed by atoms with van der Waals surface area (Å²) in [7, 11) is 0. The van der Waals surface area contributed by atoms with Crippen LogP contribution in [0.1, 0.15) is 21.5 Å². The number of hydrogen-bond donors (Lipinski definition) is 3. The Morgan fingerprint density at radius 3 is 2.50 bits per heavy atom. The van der Waals surface area contributed by atoms with Crippen LogP contribution in [0.4, 0.5) is 11.4 Å². The molecule has 4 N–H and O–H groups in total. The van der Waals surface area contributed by atoms with E-state index in [1.807, 2.05) is 0 Å². The van der Waals surface area contributed by atoms with Gasteiger partial charge < -0.3 is 16.2 Å². The SMILES string of the molecule is Cc1cc(NC(=O)c2cc(N)cc(Cl)c2)c(C)cc1O. The summed E-state index contributed by atoms with van der Waals surface area (Å²) in [6.07, 6.45) is 0. The van der Waals surface area contributed by atoms with Gasteiger partial charge in [-0.15, -0.1) is 0 Å². The number of phenols is 1. The third-order valence-corrected chi connectivity index (χ3v) is 3.19. The van der Waals surface area contributed by atoms with Crippen molar-refractivity contribution in [3.63, 3.8) is 0 Å². The smallest absolute Gasteiger partial charge is 0.255 e. The van der Waals surface area contributed by atoms with Crippen LogP contribution < -0.4 is 11.1 Å². The van der Waals surface area contributed by atoms with Gasteiger partial charge in [-0.05, 0) is 55.3 Å². The van der Waals surface area contributed by atoms with Gasteiger partial charge >= 0.3 is 0 Å². The summed E-state index contributed by atoms with van der Waals surface area (Å²) in [5, 5.41) is 12.8. The molecular formula is C15H15ClN2O2. The second-order valence-electron chi connectivity index (χ2n) is 4.68. The quantitative estimate of drug-likeness (QED) is 0.585. The van der Waals surface area contributed by atoms with E-state index in [-0.39, 0.29) is 11.7 Å². The van der Waals surface area contributed by atoms with Gasteiger partial charge in [0.2, 0.25) is 0 Å². The molecule has 0 fully saturated rings. The van der Waals surface area contributed by atoms with Gasteiger partial charge in [0.15, 0.2) is 0 Å². The number of nitrogen functional groups attached to an aromatic ring is 1. The molecule has 20 heavy (non-hydrogen) atoms. The van der Waals surface area contributed by atoms with Crippen molar-refractivity contribution >= 4 is 28.9 Å². The average Bonchev–Trinajstić information content (AvgIpc) is 2.34. The molecule has 4 nitrogen and oxygen atoms in total. The van der Waals surface area contributed by atoms with Crippen LogP contribution >= 0.6 is 11.6 Å². The molecular weight excluding hydrogens is 276 g/mol. The summed E-state index contributed by atoms with van der Waals surface area (Å²) in [4.78, 5) is 12.2. The Hall–Kier alpha value is -2.20. The number of carbonyl (C=O) groups excluding carboxylic acids is 1. The molecule has 0 radical (unpaired) electrons. The van der Waals surface area contributed by atoms with Crippen molar-refractivity contribution in [2.24, 2.45) is 0 Å². The molecule has 0 aliphatic heterocycles. The van der Waals surface area contributed by atoms with Crippen LogP contribution in [0.3, 0.4) is 0 Å². The fourth-order valence-corrected chi connectivity index (χ4v) is 2.12. The number of halogens is 1. The van der Waals surface area contributed by atoms with E-state index in [0.29, 0.717) is 27.5 Å². The predicted octanol–water partition coefficient (Wildman–Crippen LogP) is 3.50. The lowest BCUT2D eigenvalue weighted by molar-refractivity contribution is 0.102. The van der Waals surface area contributed by atoms with Gasteiger partial charge in [-0.1, -0.05) is 11.6 Å². The third kappa shape index (κ3) is 3.03. The number of phenolic OH excluding ortho intramolecular Hbond substituents is 1. The van der Waals surface area contributed by atoms with Crippen LogP contribution in [0.5, 0.6) is 5.75 Å². The van der Waals surface area contributed by atoms with Crippen molar-refractivity contribution < 1.29 is 9.90 Å². The lowest BCUT2D eigenvalue weighted by atomic mass is 10.1. The first kappa shape index (κ1) is 14.2. The van der Waals surface area contributed by atoms with E-state index in [4.69, 9.17) is 17.3 Å². The van der Waals surface area contributed by atoms with Gasteiger partial charge in [-0.2, -0.15) is 0 Å². The van der Waals surface area contributed by atoms with E-state index in [1.165, 1.54) is 0 Å². The van der Waals surface area contributed by atoms with Crippen LogP contribution in [-0.2, 0) is 0 Å². The van der Waals surface area contributed by atoms with Crippen molar-refractivity contribution in [3.05, 3.63) is 52.0 Å². The maximum absolute atomic E-state index is 12.2. The Kier molecular flexibility index (Phi) is 3.86. The first-order valence-corrected chi connectivity index (χ1v) is 6.42. The zero-order valence-electron chi connectivity index (χ0n) is 11.2. The molecule has 5 heteroatoms. The number of benzene rings is 2. The summed E-state index contributed by atoms with van der Waals surface area (Å²) in [5.74, 6) is -0.0973. The molecule has 0 spiro atoms. The van der Waals surface area contributed by atoms with Crippen LogP contribution in [0.25, 0.3) is 0 Å². The van der Waals surface area contributed by atoms with E-state index < -0.39 is 0 Å². The third-order valence-electron chi connectivity index (χ3n) is 2.97. The second-order valence-corrected chi connectivity index (χ2v) is 5.12. The summed E-state index contributed by atoms with van der Waals surface area (Å²) in [5.41, 5.74) is 8.60. The second kappa shape index (κ2) is 5.43. The van der Waals surface area contributed by atoms with Gasteiger partial charge in [0.05, 0.1) is 0 Å². The van der Waals surface area contributed by atoms with Gasteiger partial charge in [0, 0.05) is 22.0 Å². The topological polar surface area (TPSA) is 75.4 Å². The zero-order valence-corrected chi connectivity index (χ0v) is 12.0. The predicted molar refractivity (Wildman–Crippen MR) is 81.4 cm³/mol. The van der Waals surface area contributed by atoms with Crippen LogP contribution in [0, 0.1) is 13.8 Å². The van der Waals surface area contributed by atoms with Crippen molar-refractivity contribution in [1.82, 2.24) is 0 Å². The average molecular weight is 291 g/mol. The Morgan fingerprint density at radius 1 is 1.15 bits per heavy atom. The fraction of sp³-hybridized carbons (Fsp3) is 0.133. The highest BCUT2D eigenvalue weighted by Crippen LogP contribution is 2.26. The van der Waals surface area contributed by atoms with Gasteiger partial charge in [0.25, 0.3) is 5.91 Å². The Balaban J connectivity index is 2.30. The highest BCUT2D eigenvalue weighted by molar-refractivity contribution is 6.31. The molecule has 0 aliphatic carbocycles. The van der Waals surface area contributed by atoms with Crippen LogP contribution in [-0.4, -0.2) is 11.0 Å². The summed E-state index contributed by atoms with van der Waals surface area (Å²) in [6.45, 7) is 3.57. The van der Waals surface area contributed by atoms with Crippen molar-refractivity contribution in [3.8, 4) is 5.75 Å². The van der Waals surface area contributed by atoms with E-state index in [9.17, 15) is 9.90 Å². The van der Waals surface area contributed by atoms with Crippen molar-refractivity contribution in [2.75, 3.05) is 11.1 Å². The van der Waals surface area contributed by atoms with Crippen LogP contribution in [0.15, 0.2) is 30.3 Å². The van der Waals surface area contributed by atoms with E-state index in [0.717, 1.165) is 5.56 Å². The standard InChI is InChI=1S/C15H15ClN2O2/c1-8-4-14(19)9(2)3-13(8)18-15(20)10-5-11(16)7-12(17)6-10/h3-7,19H,17H2,1-2H3,(H,18,20). The number of hydrogen-bond acceptors (Lipinski definition) is 3. The number of amides is 1. The molecule has 104 valence electrons. The zero-order chi connectivity index (χ0) is 14.9. The molecule has 0 saturated carbocycles. The molecule has 0 atom stereocenters. The minimum atomic E-state index is -0.299. The summed E-state index contributed by atoms with van der Waals surface area (Å²) < 4.78 is 0. The maximum Gasteiger partial charge on any atom is 0.255 e. The van der Waals surface area contributed by atoms with E-state index in [1.54, 1.807) is 44.2 Å². The molecule has 1 amide bonds. The Morgan fingerprint density at radius 2 is 1.85 bits per heavy atom. The molecule has 2 aromatic carbocycles. The van der Waals surface area contributed by atoms with Crippen LogP contribution in [0.2, 0.25) is 5.02 Å². The lowest BCUT2D eigenvalue weighted by Gasteiger charge is -2.11. The monoisotopic (exact) mass is 290 g/mol. The number of nitrogens with two attached hydrogens (primary N) is 1. The van der Waals surface area contributed by atoms with Gasteiger partial charge in [0.1, 0.15) is 5.75 Å². The first-order valence-electron chi connectivity index (χ1n) is 6.04. The molecule has 0 aliphatic rings. The number of carbonyl (C=O) groups is 1. The first-order chi connectivity index (χ1) is 9.36. The minimum Gasteiger partial charge on any atom is -0.508 e. The number of aromatic hydroxyl groups is 1. The Labute approximate surface area is 122 Å². The number of aryl methyl sites for hydroxylation is 2. The van der Waals surface area contributed by atoms with Crippen molar-refractivity contribution in [2.45, 2.75) is 13.8 Å². The lowest BCUT2D eigenvalue weighted by Crippen LogP contribution is -2.13. The molecule has 2 aromatic rings. The Bertz CT molecular complexity index is 664. The van der Waals surface area contributed by atoms with Gasteiger partial charge in [-0.3, -0.25) is 4.79 Å². The van der Waals surface area contributed by atoms with E-state index >= 15 is 0 Å². The summed E-state index contributed by atoms with van der Waals surface area (Å²) >= 11 is 5.88. The molecule has 0 aromatic heterocycles. The largest absolute Gasteiger partial charge is 0.508 e. The number of rotatable bonds is 2. The number of anilines is 2. The fourth-order valence-electron chi connectivity index (χ4n) is 1.87. The summed E-state index contributed by atoms with van der Waals surface area (Å²) in [6, 6.07) is 8.02. The molecule has 0 saturated heterocycles. The number of nitrogens with one attached hydrogen (secondary N) is 1. The molecule has 0 unspecified atom stereocenters. The maximum atomic E-state index is 12.2. The highest BCUT2D eigenvalue weighted by atomic mass is 35.5. The van der Waals surface area contributed by atoms with Crippen molar-refractivity contribution in [1.29, 1.82) is 0 Å². The minimum absolute atomic E-state index is 0.201. The molecule has 0 heterocycles. The highest BCUT2D eigenvalue weighted by Gasteiger charge is 2.11. The van der Waals surface area contributed by atoms with E-state index in [2.05, 4.69) is 5.32 Å². The van der Waals surface area contributed by atoms with Gasteiger partial charge in [-0.25, -0.2) is 0 Å². The molecule has 0 bridgehead atoms.